The number of phenols is 1. The van der Waals surface area contributed by atoms with Crippen LogP contribution in [0.5, 0.6) is 5.75 Å². The first-order valence-electron chi connectivity index (χ1n) is 8.04. The summed E-state index contributed by atoms with van der Waals surface area (Å²) in [6.45, 7) is 0. The Morgan fingerprint density at radius 2 is 1.39 bits per heavy atom. The van der Waals surface area contributed by atoms with Gasteiger partial charge >= 0.3 is 17.8 Å². The number of hydrogen-bond donors (Lipinski definition) is 2. The molecule has 0 aliphatic heterocycles. The van der Waals surface area contributed by atoms with Gasteiger partial charge in [-0.15, -0.1) is 0 Å². The molecule has 0 saturated carbocycles. The number of rotatable bonds is 1. The van der Waals surface area contributed by atoms with E-state index in [1.165, 1.54) is 0 Å². The van der Waals surface area contributed by atoms with E-state index in [9.17, 15) is 45.4 Å². The van der Waals surface area contributed by atoms with Crippen LogP contribution in [0.2, 0.25) is 0 Å². The molecule has 0 fully saturated rings. The Hall–Kier alpha value is -2.53. The van der Waals surface area contributed by atoms with Crippen LogP contribution in [-0.4, -0.2) is 26.0 Å². The molecule has 2 aliphatic rings. The van der Waals surface area contributed by atoms with Crippen LogP contribution in [0.3, 0.4) is 0 Å². The van der Waals surface area contributed by atoms with Gasteiger partial charge in [-0.05, 0) is 25.7 Å². The number of alkyl halides is 6. The fourth-order valence-corrected chi connectivity index (χ4v) is 3.67. The minimum absolute atomic E-state index is 0.128. The Kier molecular flexibility index (Phi) is 3.56. The molecule has 2 aromatic rings. The van der Waals surface area contributed by atoms with Crippen molar-refractivity contribution in [2.24, 2.45) is 0 Å². The SMILES string of the molecule is Oc1c(F)c2c(c(F)c1-c1nc3c(n1O)CCCC3)C(F)(F)C(F)(F)C2(F)F. The molecule has 1 heterocycles. The molecule has 0 amide bonds. The molecular formula is C16H10F8N2O2. The molecular weight excluding hydrogens is 404 g/mol. The van der Waals surface area contributed by atoms with Gasteiger partial charge in [-0.3, -0.25) is 0 Å². The van der Waals surface area contributed by atoms with Gasteiger partial charge in [-0.2, -0.15) is 31.1 Å². The summed E-state index contributed by atoms with van der Waals surface area (Å²) in [5.74, 6) is -25.5. The Balaban J connectivity index is 2.08. The first-order valence-corrected chi connectivity index (χ1v) is 8.04. The standard InChI is InChI=1S/C16H10F8N2O2/c17-10-7(13-25-5-3-1-2-4-6(5)26(13)28)12(27)11(18)9-8(10)14(19,20)16(23,24)15(9,21)22/h27-28H,1-4H2. The number of aromatic hydroxyl groups is 1. The van der Waals surface area contributed by atoms with E-state index in [4.69, 9.17) is 0 Å². The Morgan fingerprint density at radius 1 is 0.857 bits per heavy atom. The van der Waals surface area contributed by atoms with Crippen LogP contribution in [0, 0.1) is 11.6 Å². The molecule has 2 N–H and O–H groups in total. The average molecular weight is 414 g/mol. The fourth-order valence-electron chi connectivity index (χ4n) is 3.67. The normalized spacial score (nSPS) is 21.4. The third-order valence-corrected chi connectivity index (χ3v) is 5.10. The number of halogens is 8. The summed E-state index contributed by atoms with van der Waals surface area (Å²) in [6, 6.07) is 0. The molecule has 12 heteroatoms. The van der Waals surface area contributed by atoms with E-state index in [0.29, 0.717) is 12.8 Å². The second-order valence-corrected chi connectivity index (χ2v) is 6.67. The lowest BCUT2D eigenvalue weighted by molar-refractivity contribution is -0.303. The van der Waals surface area contributed by atoms with Gasteiger partial charge in [0.2, 0.25) is 0 Å². The Labute approximate surface area is 151 Å². The van der Waals surface area contributed by atoms with E-state index < -0.39 is 57.7 Å². The van der Waals surface area contributed by atoms with Gasteiger partial charge < -0.3 is 10.3 Å². The number of nitrogens with zero attached hydrogens (tertiary/aromatic N) is 2. The molecule has 1 aromatic carbocycles. The Bertz CT molecular complexity index is 1020. The number of hydrogen-bond acceptors (Lipinski definition) is 3. The average Bonchev–Trinajstić information content (AvgIpc) is 2.98. The van der Waals surface area contributed by atoms with Crippen LogP contribution in [0.15, 0.2) is 0 Å². The van der Waals surface area contributed by atoms with Crippen molar-refractivity contribution in [1.82, 2.24) is 9.71 Å². The summed E-state index contributed by atoms with van der Waals surface area (Å²) >= 11 is 0. The van der Waals surface area contributed by atoms with Crippen LogP contribution in [0.4, 0.5) is 35.1 Å². The van der Waals surface area contributed by atoms with E-state index in [1.54, 1.807) is 0 Å². The summed E-state index contributed by atoms with van der Waals surface area (Å²) in [5, 5.41) is 20.0. The van der Waals surface area contributed by atoms with Gasteiger partial charge in [0.1, 0.15) is 11.4 Å². The van der Waals surface area contributed by atoms with Crippen molar-refractivity contribution in [2.45, 2.75) is 43.5 Å². The van der Waals surface area contributed by atoms with Crippen LogP contribution in [-0.2, 0) is 24.7 Å². The maximum atomic E-state index is 14.8. The predicted octanol–water partition coefficient (Wildman–Crippen LogP) is 4.48. The van der Waals surface area contributed by atoms with Gasteiger partial charge in [-0.1, -0.05) is 0 Å². The van der Waals surface area contributed by atoms with E-state index in [2.05, 4.69) is 4.98 Å². The number of aryl methyl sites for hydroxylation is 1. The third kappa shape index (κ3) is 1.92. The van der Waals surface area contributed by atoms with Gasteiger partial charge in [0.25, 0.3) is 0 Å². The lowest BCUT2D eigenvalue weighted by Gasteiger charge is -2.23. The second-order valence-electron chi connectivity index (χ2n) is 6.67. The molecule has 2 aliphatic carbocycles. The minimum atomic E-state index is -6.14. The van der Waals surface area contributed by atoms with E-state index in [0.717, 1.165) is 0 Å². The highest BCUT2D eigenvalue weighted by molar-refractivity contribution is 5.71. The van der Waals surface area contributed by atoms with Crippen LogP contribution < -0.4 is 0 Å². The van der Waals surface area contributed by atoms with Gasteiger partial charge in [0.15, 0.2) is 17.4 Å². The third-order valence-electron chi connectivity index (χ3n) is 5.10. The topological polar surface area (TPSA) is 58.3 Å². The number of phenolic OH excluding ortho intramolecular Hbond substituents is 1. The molecule has 4 nitrogen and oxygen atoms in total. The number of imidazole rings is 1. The van der Waals surface area contributed by atoms with Gasteiger partial charge in [0, 0.05) is 0 Å². The summed E-state index contributed by atoms with van der Waals surface area (Å²) in [7, 11) is 0. The first kappa shape index (κ1) is 18.8. The van der Waals surface area contributed by atoms with E-state index in [1.807, 2.05) is 0 Å². The minimum Gasteiger partial charge on any atom is -0.504 e. The number of fused-ring (bicyclic) bond motifs is 2. The molecule has 0 unspecified atom stereocenters. The van der Waals surface area contributed by atoms with Crippen molar-refractivity contribution in [2.75, 3.05) is 0 Å². The molecule has 28 heavy (non-hydrogen) atoms. The smallest absolute Gasteiger partial charge is 0.380 e. The van der Waals surface area contributed by atoms with Crippen LogP contribution >= 0.6 is 0 Å². The molecule has 1 aromatic heterocycles. The first-order chi connectivity index (χ1) is 12.9. The molecule has 0 atom stereocenters. The van der Waals surface area contributed by atoms with Gasteiger partial charge in [0.05, 0.1) is 22.5 Å². The highest BCUT2D eigenvalue weighted by Gasteiger charge is 2.81. The molecule has 0 bridgehead atoms. The second kappa shape index (κ2) is 5.29. The largest absolute Gasteiger partial charge is 0.504 e. The van der Waals surface area contributed by atoms with Crippen molar-refractivity contribution in [3.05, 3.63) is 34.1 Å². The van der Waals surface area contributed by atoms with Crippen molar-refractivity contribution in [3.8, 4) is 17.1 Å². The molecule has 152 valence electrons. The summed E-state index contributed by atoms with van der Waals surface area (Å²) in [6.07, 6.45) is 1.73. The van der Waals surface area contributed by atoms with Crippen LogP contribution in [0.1, 0.15) is 35.4 Å². The van der Waals surface area contributed by atoms with Crippen molar-refractivity contribution < 1.29 is 45.4 Å². The highest BCUT2D eigenvalue weighted by atomic mass is 19.3. The molecule has 4 rings (SSSR count). The predicted molar refractivity (Wildman–Crippen MR) is 75.8 cm³/mol. The zero-order chi connectivity index (χ0) is 20.8. The lowest BCUT2D eigenvalue weighted by atomic mass is 10.0. The summed E-state index contributed by atoms with van der Waals surface area (Å²) in [5.41, 5.74) is -6.37. The molecule has 0 radical (unpaired) electrons. The Morgan fingerprint density at radius 3 is 1.96 bits per heavy atom. The number of aromatic nitrogens is 2. The zero-order valence-electron chi connectivity index (χ0n) is 13.6. The van der Waals surface area contributed by atoms with Crippen molar-refractivity contribution in [1.29, 1.82) is 0 Å². The van der Waals surface area contributed by atoms with E-state index >= 15 is 0 Å². The summed E-state index contributed by atoms with van der Waals surface area (Å²) in [4.78, 5) is 3.76. The monoisotopic (exact) mass is 414 g/mol. The maximum absolute atomic E-state index is 14.8. The zero-order valence-corrected chi connectivity index (χ0v) is 13.6. The van der Waals surface area contributed by atoms with Crippen LogP contribution in [0.25, 0.3) is 11.4 Å². The van der Waals surface area contributed by atoms with Gasteiger partial charge in [-0.25, -0.2) is 13.8 Å². The van der Waals surface area contributed by atoms with Crippen molar-refractivity contribution >= 4 is 0 Å². The highest BCUT2D eigenvalue weighted by Crippen LogP contribution is 2.65. The number of benzene rings is 1. The summed E-state index contributed by atoms with van der Waals surface area (Å²) < 4.78 is 112. The molecule has 0 saturated heterocycles. The lowest BCUT2D eigenvalue weighted by Crippen LogP contribution is -2.43. The quantitative estimate of drug-likeness (QED) is 0.535. The van der Waals surface area contributed by atoms with E-state index in [-0.39, 0.29) is 29.0 Å². The van der Waals surface area contributed by atoms with Crippen molar-refractivity contribution in [3.63, 3.8) is 0 Å². The fraction of sp³-hybridized carbons (Fsp3) is 0.438. The maximum Gasteiger partial charge on any atom is 0.380 e. The molecule has 0 spiro atoms.